The minimum absolute atomic E-state index is 0.215. The van der Waals surface area contributed by atoms with E-state index >= 15 is 0 Å². The van der Waals surface area contributed by atoms with Gasteiger partial charge in [-0.15, -0.1) is 11.3 Å². The molecule has 1 aromatic heterocycles. The Balaban J connectivity index is 1.90. The zero-order chi connectivity index (χ0) is 15.9. The first kappa shape index (κ1) is 17.2. The Labute approximate surface area is 136 Å². The number of amides is 2. The quantitative estimate of drug-likeness (QED) is 0.751. The van der Waals surface area contributed by atoms with Crippen LogP contribution in [0.15, 0.2) is 17.5 Å². The van der Waals surface area contributed by atoms with Gasteiger partial charge < -0.3 is 15.7 Å². The highest BCUT2D eigenvalue weighted by Crippen LogP contribution is 2.28. The van der Waals surface area contributed by atoms with E-state index in [9.17, 15) is 9.90 Å². The molecular weight excluding hydrogens is 298 g/mol. The maximum atomic E-state index is 11.8. The van der Waals surface area contributed by atoms with Gasteiger partial charge in [-0.1, -0.05) is 13.0 Å². The van der Waals surface area contributed by atoms with Gasteiger partial charge in [0.25, 0.3) is 0 Å². The predicted molar refractivity (Wildman–Crippen MR) is 90.1 cm³/mol. The van der Waals surface area contributed by atoms with Gasteiger partial charge in [0.05, 0.1) is 12.1 Å². The number of piperidine rings is 1. The van der Waals surface area contributed by atoms with Gasteiger partial charge in [-0.25, -0.2) is 4.79 Å². The van der Waals surface area contributed by atoms with Crippen molar-refractivity contribution < 1.29 is 9.90 Å². The van der Waals surface area contributed by atoms with Crippen molar-refractivity contribution in [2.24, 2.45) is 5.92 Å². The molecule has 1 aliphatic heterocycles. The summed E-state index contributed by atoms with van der Waals surface area (Å²) < 4.78 is 0. The van der Waals surface area contributed by atoms with Crippen LogP contribution in [0.5, 0.6) is 0 Å². The fourth-order valence-electron chi connectivity index (χ4n) is 2.72. The van der Waals surface area contributed by atoms with Crippen LogP contribution in [0.4, 0.5) is 4.79 Å². The molecule has 0 aromatic carbocycles. The lowest BCUT2D eigenvalue weighted by atomic mass is 9.97. The molecule has 1 aromatic rings. The second-order valence-electron chi connectivity index (χ2n) is 6.19. The minimum atomic E-state index is -0.526. The van der Waals surface area contributed by atoms with E-state index in [0.29, 0.717) is 6.54 Å². The van der Waals surface area contributed by atoms with Gasteiger partial charge in [0.2, 0.25) is 0 Å². The number of carbonyl (C=O) groups is 1. The molecule has 124 valence electrons. The monoisotopic (exact) mass is 325 g/mol. The lowest BCUT2D eigenvalue weighted by Gasteiger charge is -2.36. The summed E-state index contributed by atoms with van der Waals surface area (Å²) in [4.78, 5) is 15.6. The summed E-state index contributed by atoms with van der Waals surface area (Å²) in [7, 11) is 0. The van der Waals surface area contributed by atoms with E-state index in [4.69, 9.17) is 0 Å². The third-order valence-electron chi connectivity index (χ3n) is 4.14. The number of rotatable bonds is 6. The Morgan fingerprint density at radius 3 is 2.68 bits per heavy atom. The molecule has 6 heteroatoms. The zero-order valence-electron chi connectivity index (χ0n) is 13.4. The van der Waals surface area contributed by atoms with Crippen molar-refractivity contribution in [3.8, 4) is 0 Å². The number of aliphatic hydroxyl groups is 1. The first-order valence-electron chi connectivity index (χ1n) is 8.03. The van der Waals surface area contributed by atoms with Crippen molar-refractivity contribution in [1.29, 1.82) is 0 Å². The highest BCUT2D eigenvalue weighted by Gasteiger charge is 2.25. The molecule has 3 N–H and O–H groups in total. The van der Waals surface area contributed by atoms with Gasteiger partial charge in [-0.3, -0.25) is 4.90 Å². The number of nitrogens with zero attached hydrogens (tertiary/aromatic N) is 1. The zero-order valence-corrected chi connectivity index (χ0v) is 14.2. The average molecular weight is 325 g/mol. The van der Waals surface area contributed by atoms with Crippen LogP contribution < -0.4 is 10.6 Å². The van der Waals surface area contributed by atoms with Gasteiger partial charge in [0.1, 0.15) is 0 Å². The van der Waals surface area contributed by atoms with Crippen LogP contribution in [0.3, 0.4) is 0 Å². The smallest absolute Gasteiger partial charge is 0.314 e. The lowest BCUT2D eigenvalue weighted by Crippen LogP contribution is -2.45. The van der Waals surface area contributed by atoms with E-state index in [1.807, 2.05) is 0 Å². The largest absolute Gasteiger partial charge is 0.392 e. The molecule has 2 rings (SSSR count). The number of thiophene rings is 1. The van der Waals surface area contributed by atoms with Crippen LogP contribution in [0.25, 0.3) is 0 Å². The molecule has 0 spiro atoms. The standard InChI is InChI=1S/C16H27N3O2S/c1-12-5-7-19(8-6-12)14(15-4-3-9-22-15)11-18-16(21)17-10-13(2)20/h3-4,9,12-14,20H,5-8,10-11H2,1-2H3,(H2,17,18,21)/t13-,14+/m1/s1. The van der Waals surface area contributed by atoms with Crippen molar-refractivity contribution in [2.75, 3.05) is 26.2 Å². The van der Waals surface area contributed by atoms with Gasteiger partial charge in [-0.05, 0) is 50.2 Å². The molecule has 5 nitrogen and oxygen atoms in total. The molecule has 0 saturated carbocycles. The van der Waals surface area contributed by atoms with Crippen LogP contribution >= 0.6 is 11.3 Å². The van der Waals surface area contributed by atoms with E-state index in [2.05, 4.69) is 40.0 Å². The fraction of sp³-hybridized carbons (Fsp3) is 0.688. The highest BCUT2D eigenvalue weighted by molar-refractivity contribution is 7.10. The van der Waals surface area contributed by atoms with Gasteiger partial charge in [0, 0.05) is 18.0 Å². The maximum Gasteiger partial charge on any atom is 0.314 e. The average Bonchev–Trinajstić information content (AvgIpc) is 3.01. The van der Waals surface area contributed by atoms with Crippen LogP contribution in [-0.4, -0.2) is 48.3 Å². The summed E-state index contributed by atoms with van der Waals surface area (Å²) in [6, 6.07) is 4.23. The molecular formula is C16H27N3O2S. The molecule has 1 saturated heterocycles. The number of hydrogen-bond acceptors (Lipinski definition) is 4. The topological polar surface area (TPSA) is 64.6 Å². The van der Waals surface area contributed by atoms with Crippen LogP contribution in [0.1, 0.15) is 37.6 Å². The molecule has 2 amide bonds. The second-order valence-corrected chi connectivity index (χ2v) is 7.17. The Bertz CT molecular complexity index is 442. The number of urea groups is 1. The molecule has 0 aliphatic carbocycles. The Hall–Kier alpha value is -1.11. The minimum Gasteiger partial charge on any atom is -0.392 e. The summed E-state index contributed by atoms with van der Waals surface area (Å²) in [5.74, 6) is 0.794. The number of aliphatic hydroxyl groups excluding tert-OH is 1. The fourth-order valence-corrected chi connectivity index (χ4v) is 3.58. The van der Waals surface area contributed by atoms with Crippen molar-refractivity contribution in [2.45, 2.75) is 38.8 Å². The first-order valence-corrected chi connectivity index (χ1v) is 8.91. The molecule has 22 heavy (non-hydrogen) atoms. The Morgan fingerprint density at radius 1 is 1.41 bits per heavy atom. The highest BCUT2D eigenvalue weighted by atomic mass is 32.1. The van der Waals surface area contributed by atoms with Crippen LogP contribution in [0.2, 0.25) is 0 Å². The summed E-state index contributed by atoms with van der Waals surface area (Å²) in [6.07, 6.45) is 1.91. The third-order valence-corrected chi connectivity index (χ3v) is 5.12. The number of hydrogen-bond donors (Lipinski definition) is 3. The third kappa shape index (κ3) is 5.26. The SMILES string of the molecule is CC1CCN([C@@H](CNC(=O)NC[C@@H](C)O)c2cccs2)CC1. The summed E-state index contributed by atoms with van der Waals surface area (Å²) >= 11 is 1.74. The van der Waals surface area contributed by atoms with Gasteiger partial charge >= 0.3 is 6.03 Å². The first-order chi connectivity index (χ1) is 10.6. The molecule has 2 atom stereocenters. The van der Waals surface area contributed by atoms with Gasteiger partial charge in [-0.2, -0.15) is 0 Å². The van der Waals surface area contributed by atoms with E-state index in [0.717, 1.165) is 19.0 Å². The molecule has 0 bridgehead atoms. The van der Waals surface area contributed by atoms with Crippen LogP contribution in [-0.2, 0) is 0 Å². The van der Waals surface area contributed by atoms with Gasteiger partial charge in [0.15, 0.2) is 0 Å². The van der Waals surface area contributed by atoms with Crippen molar-refractivity contribution in [1.82, 2.24) is 15.5 Å². The second kappa shape index (κ2) is 8.50. The molecule has 1 aliphatic rings. The lowest BCUT2D eigenvalue weighted by molar-refractivity contribution is 0.137. The number of likely N-dealkylation sites (tertiary alicyclic amines) is 1. The normalized spacial score (nSPS) is 19.6. The maximum absolute atomic E-state index is 11.8. The van der Waals surface area contributed by atoms with Crippen LogP contribution in [0, 0.1) is 5.92 Å². The summed E-state index contributed by atoms with van der Waals surface area (Å²) in [6.45, 7) is 7.00. The molecule has 0 radical (unpaired) electrons. The van der Waals surface area contributed by atoms with E-state index in [1.165, 1.54) is 17.7 Å². The van der Waals surface area contributed by atoms with E-state index < -0.39 is 6.10 Å². The van der Waals surface area contributed by atoms with Crippen molar-refractivity contribution >= 4 is 17.4 Å². The molecule has 1 fully saturated rings. The molecule has 2 heterocycles. The molecule has 0 unspecified atom stereocenters. The Kier molecular flexibility index (Phi) is 6.67. The van der Waals surface area contributed by atoms with Crippen molar-refractivity contribution in [3.05, 3.63) is 22.4 Å². The van der Waals surface area contributed by atoms with E-state index in [1.54, 1.807) is 18.3 Å². The van der Waals surface area contributed by atoms with E-state index in [-0.39, 0.29) is 18.6 Å². The summed E-state index contributed by atoms with van der Waals surface area (Å²) in [5.41, 5.74) is 0. The number of carbonyl (C=O) groups excluding carboxylic acids is 1. The predicted octanol–water partition coefficient (Wildman–Crippen LogP) is 2.20. The number of nitrogens with one attached hydrogen (secondary N) is 2. The van der Waals surface area contributed by atoms with Crippen molar-refractivity contribution in [3.63, 3.8) is 0 Å². The summed E-state index contributed by atoms with van der Waals surface area (Å²) in [5, 5.41) is 16.9. The Morgan fingerprint density at radius 2 is 2.09 bits per heavy atom.